The van der Waals surface area contributed by atoms with E-state index in [9.17, 15) is 5.11 Å². The van der Waals surface area contributed by atoms with Crippen molar-refractivity contribution >= 4 is 0 Å². The van der Waals surface area contributed by atoms with Crippen LogP contribution in [0.4, 0.5) is 0 Å². The van der Waals surface area contributed by atoms with Gasteiger partial charge >= 0.3 is 0 Å². The number of hydrogen-bond donors (Lipinski definition) is 2. The van der Waals surface area contributed by atoms with Crippen molar-refractivity contribution in [3.05, 3.63) is 34.4 Å². The minimum atomic E-state index is -0.650. The normalized spacial score (nSPS) is 25.9. The molecule has 0 spiro atoms. The summed E-state index contributed by atoms with van der Waals surface area (Å²) in [4.78, 5) is 0. The lowest BCUT2D eigenvalue weighted by Gasteiger charge is -2.25. The Hall–Kier alpha value is -0.860. The van der Waals surface area contributed by atoms with Crippen LogP contribution in [0.5, 0.6) is 0 Å². The summed E-state index contributed by atoms with van der Waals surface area (Å²) in [6.45, 7) is 7.93. The molecule has 15 heavy (non-hydrogen) atoms. The van der Waals surface area contributed by atoms with Crippen molar-refractivity contribution in [1.29, 1.82) is 0 Å². The molecule has 2 rings (SSSR count). The van der Waals surface area contributed by atoms with Gasteiger partial charge in [0.05, 0.1) is 0 Å². The summed E-state index contributed by atoms with van der Waals surface area (Å²) in [5.41, 5.74) is 4.28. The maximum absolute atomic E-state index is 10.5. The number of nitrogens with one attached hydrogen (secondary N) is 1. The Labute approximate surface area is 91.3 Å². The van der Waals surface area contributed by atoms with Crippen molar-refractivity contribution < 1.29 is 5.11 Å². The van der Waals surface area contributed by atoms with Crippen LogP contribution in [0, 0.1) is 20.8 Å². The molecule has 1 unspecified atom stereocenters. The van der Waals surface area contributed by atoms with Crippen molar-refractivity contribution in [1.82, 2.24) is 5.32 Å². The molecule has 1 aliphatic rings. The zero-order valence-electron chi connectivity index (χ0n) is 9.72. The fourth-order valence-corrected chi connectivity index (χ4v) is 2.37. The van der Waals surface area contributed by atoms with Gasteiger partial charge in [0.2, 0.25) is 0 Å². The molecule has 1 aromatic carbocycles. The minimum absolute atomic E-state index is 0.650. The quantitative estimate of drug-likeness (QED) is 0.732. The van der Waals surface area contributed by atoms with E-state index < -0.39 is 5.60 Å². The van der Waals surface area contributed by atoms with Crippen molar-refractivity contribution in [2.24, 2.45) is 0 Å². The standard InChI is InChI=1S/C13H19NO/c1-9-4-5-12(11(3)10(9)2)13(15)6-7-14-8-13/h4-5,14-15H,6-8H2,1-3H3. The molecule has 0 saturated carbocycles. The summed E-state index contributed by atoms with van der Waals surface area (Å²) in [6.07, 6.45) is 0.816. The number of rotatable bonds is 1. The molecule has 2 nitrogen and oxygen atoms in total. The van der Waals surface area contributed by atoms with Crippen LogP contribution >= 0.6 is 0 Å². The van der Waals surface area contributed by atoms with Crippen molar-refractivity contribution in [2.45, 2.75) is 32.8 Å². The lowest BCUT2D eigenvalue weighted by Crippen LogP contribution is -2.29. The highest BCUT2D eigenvalue weighted by atomic mass is 16.3. The highest BCUT2D eigenvalue weighted by molar-refractivity contribution is 5.42. The second-order valence-electron chi connectivity index (χ2n) is 4.64. The summed E-state index contributed by atoms with van der Waals surface area (Å²) in [6, 6.07) is 4.18. The molecule has 0 radical (unpaired) electrons. The Balaban J connectivity index is 2.49. The molecule has 1 aliphatic heterocycles. The van der Waals surface area contributed by atoms with Gasteiger partial charge in [-0.05, 0) is 56.0 Å². The van der Waals surface area contributed by atoms with Crippen LogP contribution in [0.15, 0.2) is 12.1 Å². The van der Waals surface area contributed by atoms with Crippen LogP contribution in [-0.4, -0.2) is 18.2 Å². The Morgan fingerprint density at radius 2 is 1.93 bits per heavy atom. The molecule has 82 valence electrons. The van der Waals surface area contributed by atoms with Crippen LogP contribution in [-0.2, 0) is 5.60 Å². The van der Waals surface area contributed by atoms with Gasteiger partial charge in [-0.25, -0.2) is 0 Å². The molecule has 0 aromatic heterocycles. The number of hydrogen-bond acceptors (Lipinski definition) is 2. The van der Waals surface area contributed by atoms with Crippen LogP contribution in [0.2, 0.25) is 0 Å². The molecule has 2 heteroatoms. The third-order valence-corrected chi connectivity index (χ3v) is 3.69. The highest BCUT2D eigenvalue weighted by Gasteiger charge is 2.34. The second-order valence-corrected chi connectivity index (χ2v) is 4.64. The first-order valence-electron chi connectivity index (χ1n) is 5.55. The predicted molar refractivity (Wildman–Crippen MR) is 62.0 cm³/mol. The molecule has 1 fully saturated rings. The molecule has 0 aliphatic carbocycles. The van der Waals surface area contributed by atoms with Crippen molar-refractivity contribution in [3.8, 4) is 0 Å². The van der Waals surface area contributed by atoms with Gasteiger partial charge in [-0.3, -0.25) is 0 Å². The molecule has 2 N–H and O–H groups in total. The van der Waals surface area contributed by atoms with Crippen molar-refractivity contribution in [3.63, 3.8) is 0 Å². The lowest BCUT2D eigenvalue weighted by atomic mass is 9.86. The predicted octanol–water partition coefficient (Wildman–Crippen LogP) is 1.79. The Bertz CT molecular complexity index is 378. The number of aryl methyl sites for hydroxylation is 1. The molecule has 0 bridgehead atoms. The van der Waals surface area contributed by atoms with Gasteiger partial charge < -0.3 is 10.4 Å². The van der Waals surface area contributed by atoms with E-state index in [1.54, 1.807) is 0 Å². The SMILES string of the molecule is Cc1ccc(C2(O)CCNC2)c(C)c1C. The van der Waals surface area contributed by atoms with Gasteiger partial charge in [0.25, 0.3) is 0 Å². The van der Waals surface area contributed by atoms with Gasteiger partial charge in [0, 0.05) is 6.54 Å². The van der Waals surface area contributed by atoms with Gasteiger partial charge in [0.1, 0.15) is 5.60 Å². The Morgan fingerprint density at radius 3 is 2.53 bits per heavy atom. The molecule has 1 saturated heterocycles. The van der Waals surface area contributed by atoms with E-state index in [2.05, 4.69) is 38.2 Å². The van der Waals surface area contributed by atoms with Crippen LogP contribution in [0.25, 0.3) is 0 Å². The van der Waals surface area contributed by atoms with Gasteiger partial charge in [-0.15, -0.1) is 0 Å². The fraction of sp³-hybridized carbons (Fsp3) is 0.538. The largest absolute Gasteiger partial charge is 0.384 e. The summed E-state index contributed by atoms with van der Waals surface area (Å²) < 4.78 is 0. The zero-order valence-corrected chi connectivity index (χ0v) is 9.72. The Kier molecular flexibility index (Phi) is 2.57. The fourth-order valence-electron chi connectivity index (χ4n) is 2.37. The minimum Gasteiger partial charge on any atom is -0.384 e. The molecule has 1 atom stereocenters. The topological polar surface area (TPSA) is 32.3 Å². The molecule has 1 heterocycles. The summed E-state index contributed by atoms with van der Waals surface area (Å²) >= 11 is 0. The molecule has 1 aromatic rings. The van der Waals surface area contributed by atoms with Crippen LogP contribution in [0.3, 0.4) is 0 Å². The number of aliphatic hydroxyl groups is 1. The maximum atomic E-state index is 10.5. The van der Waals surface area contributed by atoms with Crippen LogP contribution < -0.4 is 5.32 Å². The number of β-amino-alcohol motifs (C(OH)–C–C–N with tert-alkyl or cyclic N) is 1. The summed E-state index contributed by atoms with van der Waals surface area (Å²) in [5, 5.41) is 13.7. The summed E-state index contributed by atoms with van der Waals surface area (Å²) in [5.74, 6) is 0. The lowest BCUT2D eigenvalue weighted by molar-refractivity contribution is 0.0580. The van der Waals surface area contributed by atoms with E-state index in [1.165, 1.54) is 16.7 Å². The van der Waals surface area contributed by atoms with E-state index in [1.807, 2.05) is 0 Å². The third kappa shape index (κ3) is 1.68. The van der Waals surface area contributed by atoms with Crippen molar-refractivity contribution in [2.75, 3.05) is 13.1 Å². The summed E-state index contributed by atoms with van der Waals surface area (Å²) in [7, 11) is 0. The van der Waals surface area contributed by atoms with E-state index in [0.717, 1.165) is 18.5 Å². The van der Waals surface area contributed by atoms with E-state index in [4.69, 9.17) is 0 Å². The van der Waals surface area contributed by atoms with Gasteiger partial charge in [0.15, 0.2) is 0 Å². The highest BCUT2D eigenvalue weighted by Crippen LogP contribution is 2.32. The number of benzene rings is 1. The van der Waals surface area contributed by atoms with E-state index in [0.29, 0.717) is 6.54 Å². The monoisotopic (exact) mass is 205 g/mol. The average Bonchev–Trinajstić information content (AvgIpc) is 2.62. The van der Waals surface area contributed by atoms with E-state index in [-0.39, 0.29) is 0 Å². The second kappa shape index (κ2) is 3.62. The van der Waals surface area contributed by atoms with Gasteiger partial charge in [-0.1, -0.05) is 12.1 Å². The molecular formula is C13H19NO. The van der Waals surface area contributed by atoms with Crippen LogP contribution in [0.1, 0.15) is 28.7 Å². The van der Waals surface area contributed by atoms with E-state index >= 15 is 0 Å². The average molecular weight is 205 g/mol. The molecular weight excluding hydrogens is 186 g/mol. The van der Waals surface area contributed by atoms with Gasteiger partial charge in [-0.2, -0.15) is 0 Å². The Morgan fingerprint density at radius 1 is 1.20 bits per heavy atom. The zero-order chi connectivity index (χ0) is 11.1. The first-order valence-corrected chi connectivity index (χ1v) is 5.55. The molecule has 0 amide bonds. The maximum Gasteiger partial charge on any atom is 0.103 e. The first kappa shape index (κ1) is 10.7. The first-order chi connectivity index (χ1) is 7.04. The third-order valence-electron chi connectivity index (χ3n) is 3.69. The smallest absolute Gasteiger partial charge is 0.103 e.